The lowest BCUT2D eigenvalue weighted by Crippen LogP contribution is -2.20. The quantitative estimate of drug-likeness (QED) is 0.823. The molecule has 0 spiro atoms. The summed E-state index contributed by atoms with van der Waals surface area (Å²) >= 11 is 5.24. The Morgan fingerprint density at radius 1 is 1.35 bits per heavy atom. The van der Waals surface area contributed by atoms with Gasteiger partial charge in [0.05, 0.1) is 0 Å². The minimum atomic E-state index is 0.136. The van der Waals surface area contributed by atoms with Crippen molar-refractivity contribution in [2.24, 2.45) is 17.8 Å². The van der Waals surface area contributed by atoms with Gasteiger partial charge in [0.15, 0.2) is 4.77 Å². The first-order chi connectivity index (χ1) is 11.2. The third-order valence-electron chi connectivity index (χ3n) is 5.39. The van der Waals surface area contributed by atoms with Gasteiger partial charge in [-0.25, -0.2) is 0 Å². The SMILES string of the molecule is O=C(CC1CC2CCC1C2)Nc1cccc(-n2cc[nH]c2=S)c1. The molecule has 23 heavy (non-hydrogen) atoms. The molecule has 2 aromatic rings. The monoisotopic (exact) mass is 327 g/mol. The van der Waals surface area contributed by atoms with Crippen molar-refractivity contribution in [3.63, 3.8) is 0 Å². The second-order valence-corrected chi connectivity index (χ2v) is 7.26. The van der Waals surface area contributed by atoms with Crippen LogP contribution in [0.25, 0.3) is 5.69 Å². The van der Waals surface area contributed by atoms with Crippen LogP contribution in [0.15, 0.2) is 36.7 Å². The number of imidazole rings is 1. The average Bonchev–Trinajstić information content (AvgIpc) is 3.24. The zero-order valence-electron chi connectivity index (χ0n) is 13.0. The van der Waals surface area contributed by atoms with E-state index < -0.39 is 0 Å². The van der Waals surface area contributed by atoms with E-state index in [0.717, 1.165) is 23.2 Å². The van der Waals surface area contributed by atoms with Gasteiger partial charge in [-0.2, -0.15) is 0 Å². The van der Waals surface area contributed by atoms with Gasteiger partial charge >= 0.3 is 0 Å². The Bertz CT molecular complexity index is 778. The fourth-order valence-corrected chi connectivity index (χ4v) is 4.57. The molecule has 3 atom stereocenters. The summed E-state index contributed by atoms with van der Waals surface area (Å²) < 4.78 is 2.54. The molecule has 2 saturated carbocycles. The first-order valence-electron chi connectivity index (χ1n) is 8.35. The Balaban J connectivity index is 1.43. The van der Waals surface area contributed by atoms with Crippen LogP contribution in [0, 0.1) is 22.5 Å². The van der Waals surface area contributed by atoms with Gasteiger partial charge in [0.2, 0.25) is 5.91 Å². The van der Waals surface area contributed by atoms with Crippen LogP contribution < -0.4 is 5.32 Å². The molecule has 0 radical (unpaired) electrons. The molecule has 4 nitrogen and oxygen atoms in total. The van der Waals surface area contributed by atoms with E-state index in [2.05, 4.69) is 10.3 Å². The third kappa shape index (κ3) is 2.98. The molecule has 0 saturated heterocycles. The number of fused-ring (bicyclic) bond motifs is 2. The molecule has 120 valence electrons. The van der Waals surface area contributed by atoms with E-state index in [1.807, 2.05) is 41.2 Å². The van der Waals surface area contributed by atoms with E-state index in [-0.39, 0.29) is 5.91 Å². The number of amides is 1. The minimum Gasteiger partial charge on any atom is -0.337 e. The normalized spacial score (nSPS) is 25.7. The summed E-state index contributed by atoms with van der Waals surface area (Å²) in [5.41, 5.74) is 1.78. The Morgan fingerprint density at radius 2 is 2.26 bits per heavy atom. The maximum atomic E-state index is 12.4. The summed E-state index contributed by atoms with van der Waals surface area (Å²) in [6.45, 7) is 0. The fourth-order valence-electron chi connectivity index (χ4n) is 4.33. The van der Waals surface area contributed by atoms with E-state index in [9.17, 15) is 4.79 Å². The van der Waals surface area contributed by atoms with E-state index in [0.29, 0.717) is 17.1 Å². The van der Waals surface area contributed by atoms with Crippen molar-refractivity contribution in [3.05, 3.63) is 41.4 Å². The molecule has 1 heterocycles. The minimum absolute atomic E-state index is 0.136. The second kappa shape index (κ2) is 5.96. The average molecular weight is 327 g/mol. The fraction of sp³-hybridized carbons (Fsp3) is 0.444. The van der Waals surface area contributed by atoms with Gasteiger partial charge in [0.25, 0.3) is 0 Å². The number of nitrogens with zero attached hydrogens (tertiary/aromatic N) is 1. The lowest BCUT2D eigenvalue weighted by molar-refractivity contribution is -0.117. The lowest BCUT2D eigenvalue weighted by Gasteiger charge is -2.21. The molecule has 4 rings (SSSR count). The van der Waals surface area contributed by atoms with Crippen molar-refractivity contribution < 1.29 is 4.79 Å². The Morgan fingerprint density at radius 3 is 2.96 bits per heavy atom. The molecule has 1 amide bonds. The number of hydrogen-bond acceptors (Lipinski definition) is 2. The van der Waals surface area contributed by atoms with E-state index in [1.54, 1.807) is 0 Å². The van der Waals surface area contributed by atoms with Gasteiger partial charge in [-0.1, -0.05) is 12.5 Å². The number of nitrogens with one attached hydrogen (secondary N) is 2. The van der Waals surface area contributed by atoms with Gasteiger partial charge in [-0.3, -0.25) is 9.36 Å². The van der Waals surface area contributed by atoms with Gasteiger partial charge in [-0.05, 0) is 67.4 Å². The zero-order chi connectivity index (χ0) is 15.8. The van der Waals surface area contributed by atoms with Gasteiger partial charge in [0.1, 0.15) is 0 Å². The highest BCUT2D eigenvalue weighted by molar-refractivity contribution is 7.71. The molecule has 1 aromatic carbocycles. The molecule has 2 aliphatic rings. The van der Waals surface area contributed by atoms with Crippen LogP contribution in [0.1, 0.15) is 32.1 Å². The van der Waals surface area contributed by atoms with Crippen molar-refractivity contribution in [2.75, 3.05) is 5.32 Å². The summed E-state index contributed by atoms with van der Waals surface area (Å²) in [5.74, 6) is 2.40. The maximum Gasteiger partial charge on any atom is 0.224 e. The van der Waals surface area contributed by atoms with Crippen molar-refractivity contribution in [2.45, 2.75) is 32.1 Å². The van der Waals surface area contributed by atoms with Crippen molar-refractivity contribution in [3.8, 4) is 5.69 Å². The van der Waals surface area contributed by atoms with Crippen LogP contribution in [-0.4, -0.2) is 15.5 Å². The summed E-state index contributed by atoms with van der Waals surface area (Å²) in [7, 11) is 0. The van der Waals surface area contributed by atoms with Gasteiger partial charge < -0.3 is 10.3 Å². The molecule has 2 bridgehead atoms. The van der Waals surface area contributed by atoms with Crippen LogP contribution in [0.2, 0.25) is 0 Å². The number of hydrogen-bond donors (Lipinski definition) is 2. The Labute approximate surface area is 140 Å². The predicted octanol–water partition coefficient (Wildman–Crippen LogP) is 4.30. The number of carbonyl (C=O) groups is 1. The topological polar surface area (TPSA) is 49.8 Å². The summed E-state index contributed by atoms with van der Waals surface area (Å²) in [5, 5.41) is 3.05. The molecule has 3 unspecified atom stereocenters. The first kappa shape index (κ1) is 14.7. The lowest BCUT2D eigenvalue weighted by atomic mass is 9.86. The number of anilines is 1. The Kier molecular flexibility index (Phi) is 3.81. The van der Waals surface area contributed by atoms with E-state index in [4.69, 9.17) is 12.2 Å². The standard InChI is InChI=1S/C18H21N3OS/c22-17(10-14-9-12-4-5-13(14)8-12)20-15-2-1-3-16(11-15)21-7-6-19-18(21)23/h1-3,6-7,11-14H,4-5,8-10H2,(H,19,23)(H,20,22). The second-order valence-electron chi connectivity index (χ2n) is 6.87. The molecule has 1 aromatic heterocycles. The van der Waals surface area contributed by atoms with Crippen molar-refractivity contribution >= 4 is 23.8 Å². The largest absolute Gasteiger partial charge is 0.337 e. The molecule has 5 heteroatoms. The number of H-pyrrole nitrogens is 1. The number of carbonyl (C=O) groups excluding carboxylic acids is 1. The summed E-state index contributed by atoms with van der Waals surface area (Å²) in [6, 6.07) is 7.81. The van der Waals surface area contributed by atoms with Gasteiger partial charge in [-0.15, -0.1) is 0 Å². The number of rotatable bonds is 4. The van der Waals surface area contributed by atoms with Crippen LogP contribution in [-0.2, 0) is 4.79 Å². The third-order valence-corrected chi connectivity index (χ3v) is 5.70. The predicted molar refractivity (Wildman–Crippen MR) is 93.1 cm³/mol. The highest BCUT2D eigenvalue weighted by Gasteiger charge is 2.40. The van der Waals surface area contributed by atoms with Crippen LogP contribution in [0.4, 0.5) is 5.69 Å². The van der Waals surface area contributed by atoms with E-state index >= 15 is 0 Å². The van der Waals surface area contributed by atoms with Gasteiger partial charge in [0, 0.05) is 30.2 Å². The summed E-state index contributed by atoms with van der Waals surface area (Å²) in [6.07, 6.45) is 9.65. The molecule has 2 aliphatic carbocycles. The highest BCUT2D eigenvalue weighted by Crippen LogP contribution is 2.49. The van der Waals surface area contributed by atoms with Crippen molar-refractivity contribution in [1.29, 1.82) is 0 Å². The molecule has 0 aliphatic heterocycles. The number of aromatic nitrogens is 2. The molecule has 2 fully saturated rings. The van der Waals surface area contributed by atoms with Crippen LogP contribution in [0.3, 0.4) is 0 Å². The highest BCUT2D eigenvalue weighted by atomic mass is 32.1. The zero-order valence-corrected chi connectivity index (χ0v) is 13.8. The maximum absolute atomic E-state index is 12.4. The number of benzene rings is 1. The van der Waals surface area contributed by atoms with E-state index in [1.165, 1.54) is 25.7 Å². The Hall–Kier alpha value is -1.88. The van der Waals surface area contributed by atoms with Crippen LogP contribution in [0.5, 0.6) is 0 Å². The molecular formula is C18H21N3OS. The first-order valence-corrected chi connectivity index (χ1v) is 8.76. The smallest absolute Gasteiger partial charge is 0.224 e. The molecular weight excluding hydrogens is 306 g/mol. The number of aromatic amines is 1. The molecule has 2 N–H and O–H groups in total. The van der Waals surface area contributed by atoms with Crippen LogP contribution >= 0.6 is 12.2 Å². The van der Waals surface area contributed by atoms with Crippen molar-refractivity contribution in [1.82, 2.24) is 9.55 Å². The summed E-state index contributed by atoms with van der Waals surface area (Å²) in [4.78, 5) is 15.3.